The summed E-state index contributed by atoms with van der Waals surface area (Å²) in [5.74, 6) is -27.7. The number of hydrogen-bond acceptors (Lipinski definition) is 0. The van der Waals surface area contributed by atoms with Crippen LogP contribution in [0.2, 0.25) is 0 Å². The molecule has 0 saturated heterocycles. The van der Waals surface area contributed by atoms with E-state index in [1.807, 2.05) is 0 Å². The molecule has 0 nitrogen and oxygen atoms in total. The van der Waals surface area contributed by atoms with Crippen molar-refractivity contribution in [3.63, 3.8) is 0 Å². The molecule has 0 unspecified atom stereocenters. The van der Waals surface area contributed by atoms with E-state index < -0.39 is 51.1 Å². The molecular weight excluding hydrogens is 369 g/mol. The molecule has 0 aliphatic heterocycles. The quantitative estimate of drug-likeness (QED) is 0.297. The van der Waals surface area contributed by atoms with Crippen molar-refractivity contribution in [2.45, 2.75) is 16.4 Å². The molecule has 1 aromatic carbocycles. The fourth-order valence-electron chi connectivity index (χ4n) is 1.22. The first-order valence-corrected chi connectivity index (χ1v) is 5.27. The van der Waals surface area contributed by atoms with Gasteiger partial charge in [-0.1, -0.05) is 23.2 Å². The molecule has 0 spiro atoms. The molecule has 0 N–H and O–H groups in total. The van der Waals surface area contributed by atoms with Gasteiger partial charge in [-0.05, 0) is 0 Å². The molecule has 0 amide bonds. The van der Waals surface area contributed by atoms with E-state index in [1.54, 1.807) is 0 Å². The van der Waals surface area contributed by atoms with Gasteiger partial charge in [0.2, 0.25) is 5.82 Å². The summed E-state index contributed by atoms with van der Waals surface area (Å²) in [6, 6.07) is 0. The third-order valence-corrected chi connectivity index (χ3v) is 2.75. The first-order valence-electron chi connectivity index (χ1n) is 4.52. The summed E-state index contributed by atoms with van der Waals surface area (Å²) < 4.78 is 125. The molecule has 0 saturated carbocycles. The lowest BCUT2D eigenvalue weighted by atomic mass is 10.0. The SMILES string of the molecule is Fc1c(F)c(F)c(C(F)(F)C(F)(F)C(F)(Cl)Cl)c(F)c1F. The Morgan fingerprint density at radius 3 is 1.14 bits per heavy atom. The predicted octanol–water partition coefficient (Wildman–Crippen LogP) is 5.21. The zero-order valence-corrected chi connectivity index (χ0v) is 10.5. The molecule has 0 aromatic heterocycles. The average Bonchev–Trinajstić information content (AvgIpc) is 2.32. The van der Waals surface area contributed by atoms with Crippen LogP contribution >= 0.6 is 23.2 Å². The number of hydrogen-bond donors (Lipinski definition) is 0. The molecule has 0 bridgehead atoms. The monoisotopic (exact) mass is 368 g/mol. The summed E-state index contributed by atoms with van der Waals surface area (Å²) >= 11 is 8.27. The third-order valence-electron chi connectivity index (χ3n) is 2.27. The van der Waals surface area contributed by atoms with Crippen LogP contribution in [-0.4, -0.2) is 10.5 Å². The van der Waals surface area contributed by atoms with Crippen LogP contribution in [0, 0.1) is 29.1 Å². The second kappa shape index (κ2) is 5.08. The molecule has 1 rings (SSSR count). The highest BCUT2D eigenvalue weighted by atomic mass is 35.5. The van der Waals surface area contributed by atoms with Crippen molar-refractivity contribution in [3.8, 4) is 0 Å². The highest BCUT2D eigenvalue weighted by Crippen LogP contribution is 2.55. The minimum absolute atomic E-state index is 2.86. The van der Waals surface area contributed by atoms with Crippen LogP contribution in [0.4, 0.5) is 43.9 Å². The second-order valence-electron chi connectivity index (χ2n) is 3.59. The van der Waals surface area contributed by atoms with Gasteiger partial charge in [-0.3, -0.25) is 0 Å². The third kappa shape index (κ3) is 2.52. The molecule has 12 heteroatoms. The summed E-state index contributed by atoms with van der Waals surface area (Å²) in [6.45, 7) is 0. The zero-order chi connectivity index (χ0) is 17.0. The predicted molar refractivity (Wildman–Crippen MR) is 50.6 cm³/mol. The lowest BCUT2D eigenvalue weighted by Gasteiger charge is -2.30. The maximum Gasteiger partial charge on any atom is 0.375 e. The Morgan fingerprint density at radius 2 is 0.857 bits per heavy atom. The number of halogens is 12. The maximum absolute atomic E-state index is 13.3. The Bertz CT molecular complexity index is 548. The van der Waals surface area contributed by atoms with Crippen molar-refractivity contribution in [3.05, 3.63) is 34.6 Å². The van der Waals surface area contributed by atoms with Gasteiger partial charge < -0.3 is 0 Å². The van der Waals surface area contributed by atoms with Gasteiger partial charge in [0, 0.05) is 0 Å². The van der Waals surface area contributed by atoms with Crippen molar-refractivity contribution in [1.82, 2.24) is 0 Å². The van der Waals surface area contributed by atoms with Crippen LogP contribution in [0.5, 0.6) is 0 Å². The fraction of sp³-hybridized carbons (Fsp3) is 0.333. The van der Waals surface area contributed by atoms with Crippen LogP contribution in [0.15, 0.2) is 0 Å². The van der Waals surface area contributed by atoms with Gasteiger partial charge in [-0.2, -0.15) is 17.6 Å². The van der Waals surface area contributed by atoms with Gasteiger partial charge in [0.25, 0.3) is 0 Å². The van der Waals surface area contributed by atoms with Crippen LogP contribution in [0.25, 0.3) is 0 Å². The Balaban J connectivity index is 3.76. The molecule has 1 aromatic rings. The van der Waals surface area contributed by atoms with Crippen LogP contribution in [-0.2, 0) is 5.92 Å². The summed E-state index contributed by atoms with van der Waals surface area (Å²) in [5.41, 5.74) is -3.26. The molecule has 21 heavy (non-hydrogen) atoms. The summed E-state index contributed by atoms with van der Waals surface area (Å²) in [5, 5.41) is 0. The largest absolute Gasteiger partial charge is 0.375 e. The van der Waals surface area contributed by atoms with E-state index in [9.17, 15) is 43.9 Å². The molecule has 0 aliphatic rings. The van der Waals surface area contributed by atoms with Crippen molar-refractivity contribution in [2.75, 3.05) is 0 Å². The minimum Gasteiger partial charge on any atom is -0.203 e. The number of alkyl halides is 7. The van der Waals surface area contributed by atoms with E-state index in [4.69, 9.17) is 0 Å². The number of rotatable bonds is 3. The van der Waals surface area contributed by atoms with Gasteiger partial charge in [-0.15, -0.1) is 0 Å². The molecule has 0 radical (unpaired) electrons. The molecule has 120 valence electrons. The van der Waals surface area contributed by atoms with E-state index >= 15 is 0 Å². The smallest absolute Gasteiger partial charge is 0.203 e. The Kier molecular flexibility index (Phi) is 4.39. The molecular formula is C9Cl2F10. The lowest BCUT2D eigenvalue weighted by molar-refractivity contribution is -0.243. The highest BCUT2D eigenvalue weighted by Gasteiger charge is 2.72. The second-order valence-corrected chi connectivity index (χ2v) is 4.83. The maximum atomic E-state index is 13.3. The van der Waals surface area contributed by atoms with Gasteiger partial charge in [-0.25, -0.2) is 26.3 Å². The number of benzene rings is 1. The van der Waals surface area contributed by atoms with Crippen LogP contribution < -0.4 is 0 Å². The van der Waals surface area contributed by atoms with Crippen LogP contribution in [0.1, 0.15) is 5.56 Å². The Labute approximate surface area is 119 Å². The zero-order valence-electron chi connectivity index (χ0n) is 9.04. The molecule has 0 heterocycles. The Hall–Kier alpha value is -0.900. The van der Waals surface area contributed by atoms with Gasteiger partial charge >= 0.3 is 16.4 Å². The normalized spacial score (nSPS) is 13.7. The lowest BCUT2D eigenvalue weighted by Crippen LogP contribution is -2.50. The standard InChI is InChI=1S/C9Cl2F10/c10-9(11,21)8(19,20)7(17,18)1-2(12)4(14)6(16)5(15)3(1)13. The fourth-order valence-corrected chi connectivity index (χ4v) is 1.45. The molecule has 0 atom stereocenters. The Morgan fingerprint density at radius 1 is 0.571 bits per heavy atom. The first kappa shape index (κ1) is 18.1. The van der Waals surface area contributed by atoms with E-state index in [0.29, 0.717) is 0 Å². The first-order chi connectivity index (χ1) is 9.18. The van der Waals surface area contributed by atoms with Crippen molar-refractivity contribution in [2.24, 2.45) is 0 Å². The molecule has 0 aliphatic carbocycles. The minimum atomic E-state index is -6.24. The van der Waals surface area contributed by atoms with E-state index in [2.05, 4.69) is 23.2 Å². The highest BCUT2D eigenvalue weighted by molar-refractivity contribution is 6.47. The summed E-state index contributed by atoms with van der Waals surface area (Å²) in [7, 11) is 0. The van der Waals surface area contributed by atoms with E-state index in [1.165, 1.54) is 0 Å². The van der Waals surface area contributed by atoms with Gasteiger partial charge in [0.05, 0.1) is 0 Å². The van der Waals surface area contributed by atoms with Gasteiger partial charge in [0.1, 0.15) is 5.56 Å². The summed E-state index contributed by atoms with van der Waals surface area (Å²) in [4.78, 5) is 0. The van der Waals surface area contributed by atoms with E-state index in [0.717, 1.165) is 0 Å². The topological polar surface area (TPSA) is 0 Å². The molecule has 0 fully saturated rings. The van der Waals surface area contributed by atoms with Crippen molar-refractivity contribution < 1.29 is 43.9 Å². The van der Waals surface area contributed by atoms with Crippen molar-refractivity contribution >= 4 is 23.2 Å². The van der Waals surface area contributed by atoms with E-state index in [-0.39, 0.29) is 0 Å². The van der Waals surface area contributed by atoms with Crippen molar-refractivity contribution in [1.29, 1.82) is 0 Å². The van der Waals surface area contributed by atoms with Gasteiger partial charge in [0.15, 0.2) is 23.3 Å². The average molecular weight is 369 g/mol. The summed E-state index contributed by atoms with van der Waals surface area (Å²) in [6.07, 6.45) is 0. The van der Waals surface area contributed by atoms with Crippen LogP contribution in [0.3, 0.4) is 0 Å².